The van der Waals surface area contributed by atoms with Crippen molar-refractivity contribution in [3.63, 3.8) is 0 Å². The summed E-state index contributed by atoms with van der Waals surface area (Å²) in [6.45, 7) is -0.500. The zero-order chi connectivity index (χ0) is 5.41. The number of hydrogen-bond acceptors (Lipinski definition) is 2. The maximum atomic E-state index is 8.36. The van der Waals surface area contributed by atoms with E-state index in [-0.39, 0.29) is 43.4 Å². The van der Waals surface area contributed by atoms with E-state index >= 15 is 0 Å². The van der Waals surface area contributed by atoms with Crippen molar-refractivity contribution in [3.8, 4) is 0 Å². The summed E-state index contributed by atoms with van der Waals surface area (Å²) in [7, 11) is 0. The monoisotopic (exact) mass is 192 g/mol. The number of carboxylic acid groups (broad SMARTS) is 2. The molecule has 0 radical (unpaired) electrons. The third kappa shape index (κ3) is 843. The molecule has 0 rings (SSSR count). The van der Waals surface area contributed by atoms with Crippen molar-refractivity contribution in [2.45, 2.75) is 0 Å². The number of hydrogen-bond donors (Lipinski definition) is 2. The van der Waals surface area contributed by atoms with Gasteiger partial charge in [-0.05, 0) is 0 Å². The molecular formula is C2H8O6Zn. The van der Waals surface area contributed by atoms with Crippen LogP contribution in [0.5, 0.6) is 0 Å². The van der Waals surface area contributed by atoms with E-state index in [9.17, 15) is 0 Å². The first-order chi connectivity index (χ1) is 2.83. The minimum Gasteiger partial charge on any atom is -0.483 e. The van der Waals surface area contributed by atoms with Gasteiger partial charge in [-0.1, -0.05) is 0 Å². The Balaban J connectivity index is -0.00000000889. The summed E-state index contributed by atoms with van der Waals surface area (Å²) in [5.41, 5.74) is 0. The molecule has 6 nitrogen and oxygen atoms in total. The molecule has 0 aromatic carbocycles. The summed E-state index contributed by atoms with van der Waals surface area (Å²) in [6, 6.07) is 0. The van der Waals surface area contributed by atoms with Gasteiger partial charge in [-0.15, -0.1) is 0 Å². The van der Waals surface area contributed by atoms with Gasteiger partial charge in [0.05, 0.1) is 0 Å². The van der Waals surface area contributed by atoms with Gasteiger partial charge in [0.1, 0.15) is 0 Å². The molecule has 54 valence electrons. The van der Waals surface area contributed by atoms with E-state index in [4.69, 9.17) is 19.8 Å². The van der Waals surface area contributed by atoms with E-state index in [1.165, 1.54) is 0 Å². The fourth-order valence-corrected chi connectivity index (χ4v) is 0. The molecule has 7 heteroatoms. The first-order valence-electron chi connectivity index (χ1n) is 0.988. The molecule has 0 aliphatic carbocycles. The quantitative estimate of drug-likeness (QED) is 0.331. The van der Waals surface area contributed by atoms with Gasteiger partial charge in [0.25, 0.3) is 12.9 Å². The molecule has 0 saturated heterocycles. The summed E-state index contributed by atoms with van der Waals surface area (Å²) in [4.78, 5) is 16.7. The van der Waals surface area contributed by atoms with E-state index in [1.807, 2.05) is 0 Å². The Morgan fingerprint density at radius 2 is 0.889 bits per heavy atom. The average Bonchev–Trinajstić information content (AvgIpc) is 1.39. The molecule has 0 atom stereocenters. The maximum Gasteiger partial charge on any atom is 0.290 e. The van der Waals surface area contributed by atoms with Gasteiger partial charge in [-0.25, -0.2) is 0 Å². The molecule has 0 fully saturated rings. The molecule has 0 saturated carbocycles. The summed E-state index contributed by atoms with van der Waals surface area (Å²) in [5, 5.41) is 13.8. The molecule has 0 aliphatic rings. The van der Waals surface area contributed by atoms with Crippen molar-refractivity contribution >= 4 is 12.9 Å². The van der Waals surface area contributed by atoms with Gasteiger partial charge in [0, 0.05) is 19.5 Å². The van der Waals surface area contributed by atoms with Crippen molar-refractivity contribution in [2.24, 2.45) is 0 Å². The van der Waals surface area contributed by atoms with Crippen LogP contribution < -0.4 is 0 Å². The summed E-state index contributed by atoms with van der Waals surface area (Å²) in [6.07, 6.45) is 0. The molecule has 0 amide bonds. The summed E-state index contributed by atoms with van der Waals surface area (Å²) < 4.78 is 0. The van der Waals surface area contributed by atoms with Crippen LogP contribution in [0.1, 0.15) is 0 Å². The second kappa shape index (κ2) is 143. The molecule has 0 aliphatic heterocycles. The SMILES string of the molecule is O.O.O=CO.O=CO.[Zn]. The van der Waals surface area contributed by atoms with Gasteiger partial charge in [0.2, 0.25) is 0 Å². The van der Waals surface area contributed by atoms with Crippen LogP contribution in [0.3, 0.4) is 0 Å². The zero-order valence-corrected chi connectivity index (χ0v) is 7.54. The number of carbonyl (C=O) groups is 2. The van der Waals surface area contributed by atoms with E-state index in [1.54, 1.807) is 0 Å². The molecule has 0 aromatic heterocycles. The van der Waals surface area contributed by atoms with E-state index < -0.39 is 0 Å². The van der Waals surface area contributed by atoms with Crippen molar-refractivity contribution in [1.29, 1.82) is 0 Å². The van der Waals surface area contributed by atoms with Crippen molar-refractivity contribution in [1.82, 2.24) is 0 Å². The standard InChI is InChI=1S/2CH2O2.2H2O.Zn/c2*2-1-3;;;/h2*1H,(H,2,3);2*1H2;. The van der Waals surface area contributed by atoms with Gasteiger partial charge in [0.15, 0.2) is 0 Å². The van der Waals surface area contributed by atoms with Crippen LogP contribution in [0, 0.1) is 0 Å². The Morgan fingerprint density at radius 1 is 0.889 bits per heavy atom. The second-order valence-corrected chi connectivity index (χ2v) is 0.211. The fraction of sp³-hybridized carbons (Fsp3) is 0. The Bertz CT molecular complexity index is 32.0. The summed E-state index contributed by atoms with van der Waals surface area (Å²) in [5.74, 6) is 0. The minimum absolute atomic E-state index is 0. The molecule has 0 spiro atoms. The molecule has 9 heavy (non-hydrogen) atoms. The smallest absolute Gasteiger partial charge is 0.290 e. The topological polar surface area (TPSA) is 138 Å². The average molecular weight is 193 g/mol. The van der Waals surface area contributed by atoms with Gasteiger partial charge < -0.3 is 21.2 Å². The second-order valence-electron chi connectivity index (χ2n) is 0.211. The Hall–Kier alpha value is -0.517. The Kier molecular flexibility index (Phi) is 622. The molecule has 0 heterocycles. The third-order valence-electron chi connectivity index (χ3n) is 0. The first kappa shape index (κ1) is 39.2. The Labute approximate surface area is 63.9 Å². The van der Waals surface area contributed by atoms with Crippen LogP contribution in [-0.4, -0.2) is 34.1 Å². The first-order valence-corrected chi connectivity index (χ1v) is 0.988. The van der Waals surface area contributed by atoms with Crippen molar-refractivity contribution in [2.75, 3.05) is 0 Å². The normalized spacial score (nSPS) is 2.67. The van der Waals surface area contributed by atoms with Crippen molar-refractivity contribution < 1.29 is 50.2 Å². The molecule has 6 N–H and O–H groups in total. The third-order valence-corrected chi connectivity index (χ3v) is 0. The molecule has 0 bridgehead atoms. The maximum absolute atomic E-state index is 8.36. The Morgan fingerprint density at radius 3 is 0.889 bits per heavy atom. The van der Waals surface area contributed by atoms with Crippen LogP contribution in [-0.2, 0) is 29.1 Å². The van der Waals surface area contributed by atoms with Gasteiger partial charge in [-0.3, -0.25) is 9.59 Å². The van der Waals surface area contributed by atoms with Gasteiger partial charge >= 0.3 is 0 Å². The van der Waals surface area contributed by atoms with Crippen LogP contribution in [0.25, 0.3) is 0 Å². The predicted molar refractivity (Wildman–Crippen MR) is 24.6 cm³/mol. The zero-order valence-electron chi connectivity index (χ0n) is 4.57. The minimum atomic E-state index is -0.250. The molecular weight excluding hydrogens is 185 g/mol. The van der Waals surface area contributed by atoms with Crippen LogP contribution in [0.2, 0.25) is 0 Å². The van der Waals surface area contributed by atoms with E-state index in [0.717, 1.165) is 0 Å². The van der Waals surface area contributed by atoms with Gasteiger partial charge in [-0.2, -0.15) is 0 Å². The number of rotatable bonds is 0. The van der Waals surface area contributed by atoms with E-state index in [0.29, 0.717) is 0 Å². The van der Waals surface area contributed by atoms with Crippen LogP contribution in [0.4, 0.5) is 0 Å². The van der Waals surface area contributed by atoms with Crippen molar-refractivity contribution in [3.05, 3.63) is 0 Å². The van der Waals surface area contributed by atoms with Crippen LogP contribution >= 0.6 is 0 Å². The summed E-state index contributed by atoms with van der Waals surface area (Å²) >= 11 is 0. The molecule has 0 unspecified atom stereocenters. The van der Waals surface area contributed by atoms with Crippen LogP contribution in [0.15, 0.2) is 0 Å². The fourth-order valence-electron chi connectivity index (χ4n) is 0. The predicted octanol–water partition coefficient (Wildman–Crippen LogP) is -2.25. The largest absolute Gasteiger partial charge is 0.483 e. The van der Waals surface area contributed by atoms with E-state index in [2.05, 4.69) is 0 Å². The molecule has 0 aromatic rings.